The van der Waals surface area contributed by atoms with Crippen LogP contribution in [0, 0.1) is 0 Å². The minimum atomic E-state index is 0.130. The number of halogens is 1. The van der Waals surface area contributed by atoms with Crippen LogP contribution in [0.25, 0.3) is 22.3 Å². The Balaban J connectivity index is 1.72. The molecule has 6 nitrogen and oxygen atoms in total. The molecule has 0 bridgehead atoms. The summed E-state index contributed by atoms with van der Waals surface area (Å²) in [5, 5.41) is 7.49. The zero-order valence-corrected chi connectivity index (χ0v) is 13.2. The second kappa shape index (κ2) is 5.82. The van der Waals surface area contributed by atoms with Crippen LogP contribution >= 0.6 is 11.6 Å². The number of nitrogens with zero attached hydrogens (tertiary/aromatic N) is 3. The molecule has 0 aliphatic heterocycles. The normalized spacial score (nSPS) is 10.9. The van der Waals surface area contributed by atoms with Crippen LogP contribution in [0.2, 0.25) is 5.28 Å². The lowest BCUT2D eigenvalue weighted by atomic mass is 10.1. The molecule has 0 unspecified atom stereocenters. The predicted octanol–water partition coefficient (Wildman–Crippen LogP) is 4.05. The summed E-state index contributed by atoms with van der Waals surface area (Å²) in [7, 11) is 0. The number of rotatable bonds is 3. The van der Waals surface area contributed by atoms with Gasteiger partial charge in [0.25, 0.3) is 0 Å². The highest BCUT2D eigenvalue weighted by Gasteiger charge is 2.14. The van der Waals surface area contributed by atoms with Gasteiger partial charge in [0.05, 0.1) is 11.1 Å². The average molecular weight is 338 g/mol. The summed E-state index contributed by atoms with van der Waals surface area (Å²) in [6.45, 7) is 0. The van der Waals surface area contributed by atoms with Gasteiger partial charge in [0.15, 0.2) is 11.5 Å². The maximum atomic E-state index is 5.99. The SMILES string of the molecule is Nc1n[nH]c2nc(Cl)nc(-c3ccc(Oc4ccccc4)cc3)c12. The molecule has 0 radical (unpaired) electrons. The van der Waals surface area contributed by atoms with E-state index in [0.717, 1.165) is 17.1 Å². The summed E-state index contributed by atoms with van der Waals surface area (Å²) in [5.41, 5.74) is 7.89. The number of anilines is 1. The van der Waals surface area contributed by atoms with Crippen molar-refractivity contribution >= 4 is 28.5 Å². The van der Waals surface area contributed by atoms with Gasteiger partial charge in [0, 0.05) is 5.56 Å². The van der Waals surface area contributed by atoms with Crippen LogP contribution in [0.15, 0.2) is 54.6 Å². The van der Waals surface area contributed by atoms with Gasteiger partial charge in [0.2, 0.25) is 5.28 Å². The molecule has 2 heterocycles. The van der Waals surface area contributed by atoms with E-state index in [0.29, 0.717) is 22.5 Å². The van der Waals surface area contributed by atoms with Crippen LogP contribution in [0.4, 0.5) is 5.82 Å². The van der Waals surface area contributed by atoms with Gasteiger partial charge in [-0.05, 0) is 48.0 Å². The Kier molecular flexibility index (Phi) is 3.51. The van der Waals surface area contributed by atoms with E-state index in [2.05, 4.69) is 20.2 Å². The molecular formula is C17H12ClN5O. The number of ether oxygens (including phenoxy) is 1. The van der Waals surface area contributed by atoms with Crippen LogP contribution < -0.4 is 10.5 Å². The number of para-hydroxylation sites is 1. The second-order valence-corrected chi connectivity index (χ2v) is 5.45. The second-order valence-electron chi connectivity index (χ2n) is 5.11. The molecule has 4 rings (SSSR count). The summed E-state index contributed by atoms with van der Waals surface area (Å²) >= 11 is 5.99. The third-order valence-corrected chi connectivity index (χ3v) is 3.70. The third kappa shape index (κ3) is 2.63. The van der Waals surface area contributed by atoms with Crippen molar-refractivity contribution in [2.75, 3.05) is 5.73 Å². The lowest BCUT2D eigenvalue weighted by Crippen LogP contribution is -1.93. The van der Waals surface area contributed by atoms with Gasteiger partial charge >= 0.3 is 0 Å². The molecule has 0 aliphatic rings. The van der Waals surface area contributed by atoms with Gasteiger partial charge in [-0.3, -0.25) is 5.10 Å². The highest BCUT2D eigenvalue weighted by Crippen LogP contribution is 2.31. The lowest BCUT2D eigenvalue weighted by molar-refractivity contribution is 0.483. The third-order valence-electron chi connectivity index (χ3n) is 3.53. The molecule has 0 fully saturated rings. The number of benzene rings is 2. The number of H-pyrrole nitrogens is 1. The van der Waals surface area contributed by atoms with Crippen LogP contribution in [0.1, 0.15) is 0 Å². The molecule has 24 heavy (non-hydrogen) atoms. The Hall–Kier alpha value is -3.12. The Morgan fingerprint density at radius 2 is 1.62 bits per heavy atom. The van der Waals surface area contributed by atoms with Crippen LogP contribution in [0.3, 0.4) is 0 Å². The van der Waals surface area contributed by atoms with Gasteiger partial charge in [0.1, 0.15) is 11.5 Å². The molecule has 0 amide bonds. The fourth-order valence-electron chi connectivity index (χ4n) is 2.44. The number of aromatic amines is 1. The van der Waals surface area contributed by atoms with Crippen LogP contribution in [-0.4, -0.2) is 20.2 Å². The van der Waals surface area contributed by atoms with E-state index >= 15 is 0 Å². The summed E-state index contributed by atoms with van der Waals surface area (Å²) in [4.78, 5) is 8.38. The molecule has 0 saturated carbocycles. The Bertz CT molecular complexity index is 999. The van der Waals surface area contributed by atoms with E-state index in [4.69, 9.17) is 22.1 Å². The Labute approximate surface area is 142 Å². The van der Waals surface area contributed by atoms with Crippen molar-refractivity contribution in [3.05, 3.63) is 59.9 Å². The first-order valence-electron chi connectivity index (χ1n) is 7.21. The highest BCUT2D eigenvalue weighted by atomic mass is 35.5. The monoisotopic (exact) mass is 337 g/mol. The van der Waals surface area contributed by atoms with E-state index in [-0.39, 0.29) is 5.28 Å². The standard InChI is InChI=1S/C17H12ClN5O/c18-17-20-14(13-15(19)22-23-16(13)21-17)10-6-8-12(9-7-10)24-11-4-2-1-3-5-11/h1-9H,(H3,19,20,21,22,23). The molecule has 4 aromatic rings. The first-order valence-corrected chi connectivity index (χ1v) is 7.59. The maximum Gasteiger partial charge on any atom is 0.224 e. The van der Waals surface area contributed by atoms with Crippen molar-refractivity contribution in [1.29, 1.82) is 0 Å². The van der Waals surface area contributed by atoms with Crippen molar-refractivity contribution in [3.63, 3.8) is 0 Å². The first-order chi connectivity index (χ1) is 11.7. The van der Waals surface area contributed by atoms with Gasteiger partial charge in [-0.15, -0.1) is 0 Å². The number of fused-ring (bicyclic) bond motifs is 1. The first kappa shape index (κ1) is 14.5. The van der Waals surface area contributed by atoms with Crippen molar-refractivity contribution in [2.45, 2.75) is 0 Å². The topological polar surface area (TPSA) is 89.7 Å². The smallest absolute Gasteiger partial charge is 0.224 e. The Morgan fingerprint density at radius 1 is 0.917 bits per heavy atom. The summed E-state index contributed by atoms with van der Waals surface area (Å²) < 4.78 is 5.79. The molecule has 118 valence electrons. The number of hydrogen-bond acceptors (Lipinski definition) is 5. The van der Waals surface area contributed by atoms with E-state index in [9.17, 15) is 0 Å². The van der Waals surface area contributed by atoms with E-state index in [1.807, 2.05) is 54.6 Å². The number of aromatic nitrogens is 4. The van der Waals surface area contributed by atoms with Gasteiger partial charge in [-0.25, -0.2) is 4.98 Å². The molecule has 3 N–H and O–H groups in total. The van der Waals surface area contributed by atoms with Gasteiger partial charge in [-0.1, -0.05) is 18.2 Å². The summed E-state index contributed by atoms with van der Waals surface area (Å²) in [6, 6.07) is 17.1. The Morgan fingerprint density at radius 3 is 2.38 bits per heavy atom. The molecule has 2 aromatic heterocycles. The molecule has 0 atom stereocenters. The van der Waals surface area contributed by atoms with E-state index in [1.54, 1.807) is 0 Å². The highest BCUT2D eigenvalue weighted by molar-refractivity contribution is 6.29. The van der Waals surface area contributed by atoms with Gasteiger partial charge < -0.3 is 10.5 Å². The number of nitrogens with two attached hydrogens (primary N) is 1. The van der Waals surface area contributed by atoms with Crippen LogP contribution in [0.5, 0.6) is 11.5 Å². The summed E-state index contributed by atoms with van der Waals surface area (Å²) in [6.07, 6.45) is 0. The molecule has 0 spiro atoms. The van der Waals surface area contributed by atoms with E-state index < -0.39 is 0 Å². The predicted molar refractivity (Wildman–Crippen MR) is 93.1 cm³/mol. The van der Waals surface area contributed by atoms with Crippen molar-refractivity contribution < 1.29 is 4.74 Å². The molecule has 0 aliphatic carbocycles. The minimum absolute atomic E-state index is 0.130. The van der Waals surface area contributed by atoms with Crippen LogP contribution in [-0.2, 0) is 0 Å². The van der Waals surface area contributed by atoms with Crippen molar-refractivity contribution in [1.82, 2.24) is 20.2 Å². The summed E-state index contributed by atoms with van der Waals surface area (Å²) in [5.74, 6) is 1.83. The zero-order valence-electron chi connectivity index (χ0n) is 12.4. The molecular weight excluding hydrogens is 326 g/mol. The van der Waals surface area contributed by atoms with Crippen molar-refractivity contribution in [2.24, 2.45) is 0 Å². The molecule has 2 aromatic carbocycles. The number of nitrogens with one attached hydrogen (secondary N) is 1. The van der Waals surface area contributed by atoms with E-state index in [1.165, 1.54) is 0 Å². The zero-order chi connectivity index (χ0) is 16.5. The molecule has 7 heteroatoms. The van der Waals surface area contributed by atoms with Crippen molar-refractivity contribution in [3.8, 4) is 22.8 Å². The number of nitrogen functional groups attached to an aromatic ring is 1. The molecule has 0 saturated heterocycles. The minimum Gasteiger partial charge on any atom is -0.457 e. The fraction of sp³-hybridized carbons (Fsp3) is 0. The maximum absolute atomic E-state index is 5.99. The number of hydrogen-bond donors (Lipinski definition) is 2. The fourth-order valence-corrected chi connectivity index (χ4v) is 2.61. The lowest BCUT2D eigenvalue weighted by Gasteiger charge is -2.07. The van der Waals surface area contributed by atoms with Gasteiger partial charge in [-0.2, -0.15) is 10.1 Å². The quantitative estimate of drug-likeness (QED) is 0.550. The largest absolute Gasteiger partial charge is 0.457 e. The average Bonchev–Trinajstić information content (AvgIpc) is 2.97.